The van der Waals surface area contributed by atoms with Gasteiger partial charge in [0.05, 0.1) is 22.8 Å². The SMILES string of the molecule is O=C(O)N1CCC(OCc2c(-c3c(Cl)cccc3Cl)noc2C2CC2)CC1. The van der Waals surface area contributed by atoms with E-state index >= 15 is 0 Å². The number of likely N-dealkylation sites (tertiary alicyclic amines) is 1. The molecule has 1 aromatic heterocycles. The predicted molar refractivity (Wildman–Crippen MR) is 101 cm³/mol. The Labute approximate surface area is 167 Å². The van der Waals surface area contributed by atoms with Gasteiger partial charge in [-0.25, -0.2) is 4.79 Å². The zero-order chi connectivity index (χ0) is 19.0. The summed E-state index contributed by atoms with van der Waals surface area (Å²) in [6, 6.07) is 5.35. The van der Waals surface area contributed by atoms with Gasteiger partial charge in [0.2, 0.25) is 0 Å². The largest absolute Gasteiger partial charge is 0.465 e. The first kappa shape index (κ1) is 18.6. The minimum absolute atomic E-state index is 0.0112. The normalized spacial score (nSPS) is 18.1. The van der Waals surface area contributed by atoms with Gasteiger partial charge in [-0.1, -0.05) is 34.4 Å². The van der Waals surface area contributed by atoms with Crippen molar-refractivity contribution in [2.45, 2.75) is 44.3 Å². The van der Waals surface area contributed by atoms with E-state index in [-0.39, 0.29) is 6.10 Å². The minimum Gasteiger partial charge on any atom is -0.465 e. The lowest BCUT2D eigenvalue weighted by molar-refractivity contribution is 0.0000285. The van der Waals surface area contributed by atoms with E-state index in [4.69, 9.17) is 37.6 Å². The lowest BCUT2D eigenvalue weighted by Crippen LogP contribution is -2.40. The van der Waals surface area contributed by atoms with E-state index < -0.39 is 6.09 Å². The number of piperidine rings is 1. The minimum atomic E-state index is -0.876. The van der Waals surface area contributed by atoms with Crippen LogP contribution in [0, 0.1) is 0 Å². The number of hydrogen-bond donors (Lipinski definition) is 1. The Morgan fingerprint density at radius 1 is 1.22 bits per heavy atom. The number of halogens is 2. The monoisotopic (exact) mass is 410 g/mol. The molecule has 0 radical (unpaired) electrons. The van der Waals surface area contributed by atoms with Gasteiger partial charge in [-0.3, -0.25) is 0 Å². The molecule has 1 aromatic carbocycles. The van der Waals surface area contributed by atoms with Gasteiger partial charge in [0.25, 0.3) is 0 Å². The molecule has 1 saturated heterocycles. The number of carbonyl (C=O) groups is 1. The zero-order valence-electron chi connectivity index (χ0n) is 14.7. The van der Waals surface area contributed by atoms with Crippen molar-refractivity contribution in [3.05, 3.63) is 39.6 Å². The molecule has 1 N–H and O–H groups in total. The van der Waals surface area contributed by atoms with E-state index in [9.17, 15) is 4.79 Å². The van der Waals surface area contributed by atoms with Crippen LogP contribution in [-0.2, 0) is 11.3 Å². The molecule has 8 heteroatoms. The Morgan fingerprint density at radius 3 is 2.48 bits per heavy atom. The third kappa shape index (κ3) is 3.93. The van der Waals surface area contributed by atoms with Gasteiger partial charge in [-0.05, 0) is 37.8 Å². The van der Waals surface area contributed by atoms with Crippen LogP contribution in [0.5, 0.6) is 0 Å². The number of rotatable bonds is 5. The highest BCUT2D eigenvalue weighted by Gasteiger charge is 2.34. The molecule has 2 heterocycles. The molecule has 0 spiro atoms. The summed E-state index contributed by atoms with van der Waals surface area (Å²) in [5, 5.41) is 14.4. The van der Waals surface area contributed by atoms with E-state index in [0.29, 0.717) is 59.8 Å². The molecule has 2 aliphatic rings. The van der Waals surface area contributed by atoms with E-state index in [1.165, 1.54) is 4.90 Å². The molecule has 144 valence electrons. The molecule has 1 saturated carbocycles. The van der Waals surface area contributed by atoms with E-state index in [1.807, 2.05) is 0 Å². The van der Waals surface area contributed by atoms with E-state index in [1.54, 1.807) is 18.2 Å². The van der Waals surface area contributed by atoms with Crippen LogP contribution in [0.25, 0.3) is 11.3 Å². The van der Waals surface area contributed by atoms with Crippen LogP contribution in [0.2, 0.25) is 10.0 Å². The van der Waals surface area contributed by atoms with Crippen LogP contribution >= 0.6 is 23.2 Å². The molecule has 1 aliphatic heterocycles. The first-order valence-electron chi connectivity index (χ1n) is 9.07. The number of ether oxygens (including phenoxy) is 1. The van der Waals surface area contributed by atoms with Gasteiger partial charge in [-0.2, -0.15) is 0 Å². The Morgan fingerprint density at radius 2 is 1.89 bits per heavy atom. The summed E-state index contributed by atoms with van der Waals surface area (Å²) in [5.41, 5.74) is 2.19. The second kappa shape index (κ2) is 7.70. The van der Waals surface area contributed by atoms with E-state index in [0.717, 1.165) is 24.2 Å². The van der Waals surface area contributed by atoms with Crippen molar-refractivity contribution in [2.75, 3.05) is 13.1 Å². The molecule has 0 unspecified atom stereocenters. The number of aromatic nitrogens is 1. The van der Waals surface area contributed by atoms with Crippen molar-refractivity contribution in [3.8, 4) is 11.3 Å². The van der Waals surface area contributed by atoms with Crippen molar-refractivity contribution in [1.29, 1.82) is 0 Å². The number of hydrogen-bond acceptors (Lipinski definition) is 4. The van der Waals surface area contributed by atoms with Crippen molar-refractivity contribution in [1.82, 2.24) is 10.1 Å². The fraction of sp³-hybridized carbons (Fsp3) is 0.474. The summed E-state index contributed by atoms with van der Waals surface area (Å²) in [7, 11) is 0. The summed E-state index contributed by atoms with van der Waals surface area (Å²) >= 11 is 12.7. The maximum Gasteiger partial charge on any atom is 0.407 e. The molecule has 2 aromatic rings. The maximum absolute atomic E-state index is 11.0. The highest BCUT2D eigenvalue weighted by molar-refractivity contribution is 6.39. The Bertz CT molecular complexity index is 822. The second-order valence-corrected chi connectivity index (χ2v) is 7.84. The fourth-order valence-electron chi connectivity index (χ4n) is 3.46. The predicted octanol–water partition coefficient (Wildman–Crippen LogP) is 5.18. The Hall–Kier alpha value is -1.76. The molecule has 6 nitrogen and oxygen atoms in total. The number of nitrogens with zero attached hydrogens (tertiary/aromatic N) is 2. The molecular formula is C19H20Cl2N2O4. The van der Waals surface area contributed by atoms with Gasteiger partial charge in [0.1, 0.15) is 11.5 Å². The van der Waals surface area contributed by atoms with Crippen molar-refractivity contribution in [2.24, 2.45) is 0 Å². The smallest absolute Gasteiger partial charge is 0.407 e. The zero-order valence-corrected chi connectivity index (χ0v) is 16.2. The van der Waals surface area contributed by atoms with Crippen LogP contribution in [0.3, 0.4) is 0 Å². The lowest BCUT2D eigenvalue weighted by atomic mass is 10.0. The van der Waals surface area contributed by atoms with Gasteiger partial charge < -0.3 is 19.3 Å². The van der Waals surface area contributed by atoms with Crippen molar-refractivity contribution in [3.63, 3.8) is 0 Å². The quantitative estimate of drug-likeness (QED) is 0.733. The van der Waals surface area contributed by atoms with Gasteiger partial charge >= 0.3 is 6.09 Å². The van der Waals surface area contributed by atoms with Crippen molar-refractivity contribution >= 4 is 29.3 Å². The van der Waals surface area contributed by atoms with Crippen LogP contribution in [0.1, 0.15) is 42.9 Å². The van der Waals surface area contributed by atoms with Gasteiger partial charge in [-0.15, -0.1) is 0 Å². The molecule has 4 rings (SSSR count). The molecule has 1 aliphatic carbocycles. The van der Waals surface area contributed by atoms with Gasteiger partial charge in [0.15, 0.2) is 0 Å². The molecular weight excluding hydrogens is 391 g/mol. The Balaban J connectivity index is 1.54. The average Bonchev–Trinajstić information content (AvgIpc) is 3.41. The lowest BCUT2D eigenvalue weighted by Gasteiger charge is -2.29. The van der Waals surface area contributed by atoms with Crippen LogP contribution < -0.4 is 0 Å². The van der Waals surface area contributed by atoms with Crippen LogP contribution in [0.4, 0.5) is 4.79 Å². The molecule has 0 bridgehead atoms. The second-order valence-electron chi connectivity index (χ2n) is 7.02. The van der Waals surface area contributed by atoms with Crippen molar-refractivity contribution < 1.29 is 19.2 Å². The summed E-state index contributed by atoms with van der Waals surface area (Å²) in [4.78, 5) is 12.5. The first-order valence-corrected chi connectivity index (χ1v) is 9.82. The maximum atomic E-state index is 11.0. The third-order valence-electron chi connectivity index (χ3n) is 5.14. The van der Waals surface area contributed by atoms with Crippen LogP contribution in [-0.4, -0.2) is 40.4 Å². The van der Waals surface area contributed by atoms with Gasteiger partial charge in [0, 0.05) is 30.1 Å². The summed E-state index contributed by atoms with van der Waals surface area (Å²) < 4.78 is 11.7. The fourth-order valence-corrected chi connectivity index (χ4v) is 4.04. The summed E-state index contributed by atoms with van der Waals surface area (Å²) in [5.74, 6) is 1.23. The summed E-state index contributed by atoms with van der Waals surface area (Å²) in [6.07, 6.45) is 2.65. The molecule has 2 fully saturated rings. The molecule has 27 heavy (non-hydrogen) atoms. The summed E-state index contributed by atoms with van der Waals surface area (Å²) in [6.45, 7) is 1.33. The number of benzene rings is 1. The third-order valence-corrected chi connectivity index (χ3v) is 5.77. The molecule has 0 atom stereocenters. The Kier molecular flexibility index (Phi) is 5.30. The highest BCUT2D eigenvalue weighted by atomic mass is 35.5. The standard InChI is InChI=1S/C19H20Cl2N2O4/c20-14-2-1-3-15(21)16(14)17-13(18(27-22-17)11-4-5-11)10-26-12-6-8-23(9-7-12)19(24)25/h1-3,11-12H,4-10H2,(H,24,25). The van der Waals surface area contributed by atoms with Crippen LogP contribution in [0.15, 0.2) is 22.7 Å². The number of carboxylic acid groups (broad SMARTS) is 1. The highest BCUT2D eigenvalue weighted by Crippen LogP contribution is 2.46. The first-order chi connectivity index (χ1) is 13.0. The van der Waals surface area contributed by atoms with E-state index in [2.05, 4.69) is 5.16 Å². The molecule has 1 amide bonds. The topological polar surface area (TPSA) is 75.8 Å². The average molecular weight is 411 g/mol. The number of amides is 1.